The largest absolute Gasteiger partial charge is 0.465 e. The maximum absolute atomic E-state index is 12.0. The van der Waals surface area contributed by atoms with Gasteiger partial charge in [-0.25, -0.2) is 0 Å². The Hall–Kier alpha value is -1.39. The molecule has 0 aromatic heterocycles. The first-order valence-electron chi connectivity index (χ1n) is 7.42. The summed E-state index contributed by atoms with van der Waals surface area (Å²) in [5.41, 5.74) is 1.29. The Morgan fingerprint density at radius 1 is 1.30 bits per heavy atom. The highest BCUT2D eigenvalue weighted by atomic mass is 16.5. The monoisotopic (exact) mass is 276 g/mol. The zero-order chi connectivity index (χ0) is 14.2. The number of benzene rings is 1. The summed E-state index contributed by atoms with van der Waals surface area (Å²) in [6.45, 7) is 6.17. The Morgan fingerprint density at radius 2 is 2.00 bits per heavy atom. The van der Waals surface area contributed by atoms with Gasteiger partial charge in [0.25, 0.3) is 0 Å². The number of aryl methyl sites for hydroxylation is 1. The van der Waals surface area contributed by atoms with E-state index in [0.717, 1.165) is 39.0 Å². The molecule has 1 saturated heterocycles. The highest BCUT2D eigenvalue weighted by molar-refractivity contribution is 5.75. The van der Waals surface area contributed by atoms with Gasteiger partial charge in [-0.2, -0.15) is 0 Å². The van der Waals surface area contributed by atoms with Crippen molar-refractivity contribution in [3.8, 4) is 0 Å². The van der Waals surface area contributed by atoms with Gasteiger partial charge in [0.2, 0.25) is 0 Å². The van der Waals surface area contributed by atoms with E-state index in [-0.39, 0.29) is 12.0 Å². The lowest BCUT2D eigenvalue weighted by atomic mass is 10.1. The smallest absolute Gasteiger partial charge is 0.323 e. The number of hydrogen-bond acceptors (Lipinski definition) is 4. The zero-order valence-electron chi connectivity index (χ0n) is 12.2. The SMILES string of the molecule is CC(C(=O)OCCCc1ccccc1)N1CCNCC1. The van der Waals surface area contributed by atoms with E-state index in [9.17, 15) is 4.79 Å². The summed E-state index contributed by atoms with van der Waals surface area (Å²) in [4.78, 5) is 14.1. The summed E-state index contributed by atoms with van der Waals surface area (Å²) >= 11 is 0. The van der Waals surface area contributed by atoms with Gasteiger partial charge < -0.3 is 10.1 Å². The number of piperazine rings is 1. The second kappa shape index (κ2) is 8.02. The Kier molecular flexibility index (Phi) is 6.02. The van der Waals surface area contributed by atoms with Crippen molar-refractivity contribution in [2.24, 2.45) is 0 Å². The van der Waals surface area contributed by atoms with Crippen LogP contribution in [0.3, 0.4) is 0 Å². The maximum Gasteiger partial charge on any atom is 0.323 e. The molecule has 1 aromatic rings. The molecular weight excluding hydrogens is 252 g/mol. The predicted molar refractivity (Wildman–Crippen MR) is 79.6 cm³/mol. The summed E-state index contributed by atoms with van der Waals surface area (Å²) in [7, 11) is 0. The molecule has 1 fully saturated rings. The normalized spacial score (nSPS) is 17.6. The fourth-order valence-corrected chi connectivity index (χ4v) is 2.43. The molecular formula is C16H24N2O2. The van der Waals surface area contributed by atoms with Gasteiger partial charge in [0.1, 0.15) is 6.04 Å². The number of carbonyl (C=O) groups excluding carboxylic acids is 1. The molecule has 1 aromatic carbocycles. The van der Waals surface area contributed by atoms with Gasteiger partial charge in [-0.3, -0.25) is 9.69 Å². The number of esters is 1. The molecule has 0 aliphatic carbocycles. The Balaban J connectivity index is 1.64. The van der Waals surface area contributed by atoms with Crippen molar-refractivity contribution in [1.82, 2.24) is 10.2 Å². The molecule has 110 valence electrons. The van der Waals surface area contributed by atoms with Gasteiger partial charge in [0.05, 0.1) is 6.61 Å². The molecule has 20 heavy (non-hydrogen) atoms. The first-order chi connectivity index (χ1) is 9.77. The van der Waals surface area contributed by atoms with E-state index >= 15 is 0 Å². The standard InChI is InChI=1S/C16H24N2O2/c1-14(18-11-9-17-10-12-18)16(19)20-13-5-8-15-6-3-2-4-7-15/h2-4,6-7,14,17H,5,8-13H2,1H3. The predicted octanol–water partition coefficient (Wildman–Crippen LogP) is 1.46. The van der Waals surface area contributed by atoms with Crippen LogP contribution in [-0.4, -0.2) is 49.7 Å². The molecule has 0 radical (unpaired) electrons. The van der Waals surface area contributed by atoms with E-state index in [1.807, 2.05) is 25.1 Å². The van der Waals surface area contributed by atoms with Gasteiger partial charge >= 0.3 is 5.97 Å². The van der Waals surface area contributed by atoms with Gasteiger partial charge in [-0.1, -0.05) is 30.3 Å². The van der Waals surface area contributed by atoms with E-state index in [1.165, 1.54) is 5.56 Å². The average Bonchev–Trinajstić information content (AvgIpc) is 2.52. The van der Waals surface area contributed by atoms with Crippen LogP contribution in [0.1, 0.15) is 18.9 Å². The summed E-state index contributed by atoms with van der Waals surface area (Å²) < 4.78 is 5.38. The van der Waals surface area contributed by atoms with Crippen LogP contribution in [-0.2, 0) is 16.0 Å². The molecule has 0 saturated carbocycles. The lowest BCUT2D eigenvalue weighted by molar-refractivity contribution is -0.149. The minimum Gasteiger partial charge on any atom is -0.465 e. The Morgan fingerprint density at radius 3 is 2.70 bits per heavy atom. The summed E-state index contributed by atoms with van der Waals surface area (Å²) in [5, 5.41) is 3.29. The van der Waals surface area contributed by atoms with Gasteiger partial charge in [-0.15, -0.1) is 0 Å². The Bertz CT molecular complexity index is 402. The Labute approximate surface area is 121 Å². The van der Waals surface area contributed by atoms with Crippen molar-refractivity contribution in [3.05, 3.63) is 35.9 Å². The quantitative estimate of drug-likeness (QED) is 0.631. The lowest BCUT2D eigenvalue weighted by Crippen LogP contribution is -2.50. The summed E-state index contributed by atoms with van der Waals surface area (Å²) in [5.74, 6) is -0.0973. The fraction of sp³-hybridized carbons (Fsp3) is 0.562. The number of carbonyl (C=O) groups is 1. The van der Waals surface area contributed by atoms with Crippen LogP contribution in [0.2, 0.25) is 0 Å². The van der Waals surface area contributed by atoms with E-state index in [4.69, 9.17) is 4.74 Å². The molecule has 0 spiro atoms. The topological polar surface area (TPSA) is 41.6 Å². The van der Waals surface area contributed by atoms with Crippen molar-refractivity contribution < 1.29 is 9.53 Å². The molecule has 1 N–H and O–H groups in total. The van der Waals surface area contributed by atoms with Crippen LogP contribution in [0.5, 0.6) is 0 Å². The number of hydrogen-bond donors (Lipinski definition) is 1. The second-order valence-electron chi connectivity index (χ2n) is 5.22. The highest BCUT2D eigenvalue weighted by Gasteiger charge is 2.23. The van der Waals surface area contributed by atoms with Crippen LogP contribution in [0.25, 0.3) is 0 Å². The first kappa shape index (κ1) is 15.0. The van der Waals surface area contributed by atoms with E-state index in [1.54, 1.807) is 0 Å². The van der Waals surface area contributed by atoms with Crippen molar-refractivity contribution >= 4 is 5.97 Å². The van der Waals surface area contributed by atoms with Crippen molar-refractivity contribution in [3.63, 3.8) is 0 Å². The summed E-state index contributed by atoms with van der Waals surface area (Å²) in [6.07, 6.45) is 1.83. The zero-order valence-corrected chi connectivity index (χ0v) is 12.2. The van der Waals surface area contributed by atoms with Crippen molar-refractivity contribution in [2.75, 3.05) is 32.8 Å². The van der Waals surface area contributed by atoms with Crippen LogP contribution < -0.4 is 5.32 Å². The van der Waals surface area contributed by atoms with Crippen LogP contribution in [0.15, 0.2) is 30.3 Å². The molecule has 1 heterocycles. The molecule has 1 atom stereocenters. The van der Waals surface area contributed by atoms with E-state index in [0.29, 0.717) is 6.61 Å². The van der Waals surface area contributed by atoms with Gasteiger partial charge in [-0.05, 0) is 25.3 Å². The van der Waals surface area contributed by atoms with Crippen molar-refractivity contribution in [1.29, 1.82) is 0 Å². The van der Waals surface area contributed by atoms with Crippen LogP contribution >= 0.6 is 0 Å². The molecule has 1 unspecified atom stereocenters. The molecule has 1 aliphatic rings. The van der Waals surface area contributed by atoms with E-state index in [2.05, 4.69) is 22.3 Å². The second-order valence-corrected chi connectivity index (χ2v) is 5.22. The number of ether oxygens (including phenoxy) is 1. The third-order valence-electron chi connectivity index (χ3n) is 3.74. The molecule has 2 rings (SSSR count). The molecule has 1 aliphatic heterocycles. The minimum absolute atomic E-state index is 0.0973. The third-order valence-corrected chi connectivity index (χ3v) is 3.74. The fourth-order valence-electron chi connectivity index (χ4n) is 2.43. The van der Waals surface area contributed by atoms with Crippen LogP contribution in [0.4, 0.5) is 0 Å². The van der Waals surface area contributed by atoms with Gasteiger partial charge in [0.15, 0.2) is 0 Å². The minimum atomic E-state index is -0.131. The molecule has 0 amide bonds. The first-order valence-corrected chi connectivity index (χ1v) is 7.42. The third kappa shape index (κ3) is 4.62. The molecule has 4 heteroatoms. The van der Waals surface area contributed by atoms with Gasteiger partial charge in [0, 0.05) is 26.2 Å². The van der Waals surface area contributed by atoms with Crippen LogP contribution in [0, 0.1) is 0 Å². The molecule has 4 nitrogen and oxygen atoms in total. The molecule has 0 bridgehead atoms. The number of nitrogens with zero attached hydrogens (tertiary/aromatic N) is 1. The lowest BCUT2D eigenvalue weighted by Gasteiger charge is -2.31. The maximum atomic E-state index is 12.0. The highest BCUT2D eigenvalue weighted by Crippen LogP contribution is 2.05. The van der Waals surface area contributed by atoms with E-state index < -0.39 is 0 Å². The number of rotatable bonds is 6. The van der Waals surface area contributed by atoms with Crippen molar-refractivity contribution in [2.45, 2.75) is 25.8 Å². The average molecular weight is 276 g/mol. The number of nitrogens with one attached hydrogen (secondary N) is 1. The summed E-state index contributed by atoms with van der Waals surface area (Å²) in [6, 6.07) is 10.2.